The molecule has 0 fully saturated rings. The Kier molecular flexibility index (Phi) is 7.52. The molecule has 1 aliphatic heterocycles. The predicted octanol–water partition coefficient (Wildman–Crippen LogP) is 10.9. The Morgan fingerprint density at radius 3 is 1.70 bits per heavy atom. The van der Waals surface area contributed by atoms with Gasteiger partial charge in [-0.3, -0.25) is 0 Å². The van der Waals surface area contributed by atoms with E-state index >= 15 is 0 Å². The van der Waals surface area contributed by atoms with Crippen molar-refractivity contribution in [2.45, 2.75) is 6.17 Å². The Hall–Kier alpha value is -6.65. The fourth-order valence-electron chi connectivity index (χ4n) is 6.82. The molecule has 0 spiro atoms. The Morgan fingerprint density at radius 1 is 0.400 bits per heavy atom. The first kappa shape index (κ1) is 29.5. The van der Waals surface area contributed by atoms with E-state index in [0.29, 0.717) is 5.84 Å². The van der Waals surface area contributed by atoms with E-state index in [-0.39, 0.29) is 6.17 Å². The predicted molar refractivity (Wildman–Crippen MR) is 207 cm³/mol. The van der Waals surface area contributed by atoms with Gasteiger partial charge in [0.05, 0.1) is 11.2 Å². The lowest BCUT2D eigenvalue weighted by Crippen LogP contribution is -2.33. The number of amidine groups is 2. The van der Waals surface area contributed by atoms with Gasteiger partial charge in [0, 0.05) is 27.5 Å². The highest BCUT2D eigenvalue weighted by Gasteiger charge is 2.22. The number of rotatable bonds is 6. The zero-order valence-electron chi connectivity index (χ0n) is 27.2. The second-order valence-electron chi connectivity index (χ2n) is 12.5. The van der Waals surface area contributed by atoms with E-state index in [1.807, 2.05) is 24.3 Å². The highest BCUT2D eigenvalue weighted by molar-refractivity contribution is 6.15. The van der Waals surface area contributed by atoms with E-state index in [0.717, 1.165) is 61.2 Å². The summed E-state index contributed by atoms with van der Waals surface area (Å²) in [6.07, 6.45) is -0.299. The molecule has 1 aromatic heterocycles. The fraction of sp³-hybridized carbons (Fsp3) is 0.0217. The van der Waals surface area contributed by atoms with Gasteiger partial charge >= 0.3 is 0 Å². The quantitative estimate of drug-likeness (QED) is 0.184. The van der Waals surface area contributed by atoms with Crippen LogP contribution in [0.3, 0.4) is 0 Å². The number of pyridine rings is 1. The first-order valence-electron chi connectivity index (χ1n) is 16.9. The molecule has 2 heterocycles. The summed E-state index contributed by atoms with van der Waals surface area (Å²) in [5.74, 6) is 1.46. The van der Waals surface area contributed by atoms with Crippen LogP contribution in [-0.4, -0.2) is 16.7 Å². The van der Waals surface area contributed by atoms with Crippen molar-refractivity contribution in [2.75, 3.05) is 0 Å². The van der Waals surface area contributed by atoms with Gasteiger partial charge in [-0.05, 0) is 63.5 Å². The van der Waals surface area contributed by atoms with Gasteiger partial charge in [0.15, 0.2) is 5.84 Å². The van der Waals surface area contributed by atoms with E-state index in [2.05, 4.69) is 163 Å². The van der Waals surface area contributed by atoms with Crippen molar-refractivity contribution in [3.05, 3.63) is 199 Å². The summed E-state index contributed by atoms with van der Waals surface area (Å²) in [6.45, 7) is 0. The first-order valence-corrected chi connectivity index (χ1v) is 16.9. The van der Waals surface area contributed by atoms with Crippen molar-refractivity contribution in [1.29, 1.82) is 0 Å². The van der Waals surface area contributed by atoms with Gasteiger partial charge in [-0.15, -0.1) is 0 Å². The molecule has 0 radical (unpaired) electrons. The number of aromatic nitrogens is 1. The third kappa shape index (κ3) is 5.63. The lowest BCUT2D eigenvalue weighted by atomic mass is 9.93. The van der Waals surface area contributed by atoms with Crippen molar-refractivity contribution >= 4 is 33.3 Å². The normalized spacial score (nSPS) is 14.2. The lowest BCUT2D eigenvalue weighted by molar-refractivity contribution is 0.674. The summed E-state index contributed by atoms with van der Waals surface area (Å²) in [7, 11) is 0. The average molecular weight is 641 g/mol. The van der Waals surface area contributed by atoms with E-state index in [9.17, 15) is 0 Å². The van der Waals surface area contributed by atoms with E-state index < -0.39 is 0 Å². The molecule has 4 heteroatoms. The fourth-order valence-corrected chi connectivity index (χ4v) is 6.82. The number of hydrogen-bond acceptors (Lipinski definition) is 4. The van der Waals surface area contributed by atoms with Crippen molar-refractivity contribution in [2.24, 2.45) is 9.98 Å². The zero-order valence-corrected chi connectivity index (χ0v) is 27.2. The van der Waals surface area contributed by atoms with E-state index in [1.54, 1.807) is 0 Å². The molecule has 1 unspecified atom stereocenters. The number of nitrogens with one attached hydrogen (secondary N) is 1. The van der Waals surface area contributed by atoms with Crippen LogP contribution in [0.4, 0.5) is 0 Å². The Balaban J connectivity index is 1.27. The summed E-state index contributed by atoms with van der Waals surface area (Å²) >= 11 is 0. The van der Waals surface area contributed by atoms with Crippen molar-refractivity contribution in [3.63, 3.8) is 0 Å². The van der Waals surface area contributed by atoms with Crippen LogP contribution in [0.15, 0.2) is 192 Å². The summed E-state index contributed by atoms with van der Waals surface area (Å²) < 4.78 is 0. The molecule has 8 aromatic rings. The van der Waals surface area contributed by atoms with Crippen LogP contribution in [0.25, 0.3) is 55.2 Å². The molecule has 1 atom stereocenters. The molecule has 0 bridgehead atoms. The SMILES string of the molecule is c1ccc(C2=NC(c3ccccc3)NC(c3cc(-c4cccc(-c5ccccc5)c4)cc(-c4nc5ccccc5c5ccccc45)c3)=N2)cc1. The van der Waals surface area contributed by atoms with Crippen molar-refractivity contribution in [1.82, 2.24) is 10.3 Å². The van der Waals surface area contributed by atoms with Gasteiger partial charge in [0.2, 0.25) is 0 Å². The molecule has 236 valence electrons. The van der Waals surface area contributed by atoms with Crippen LogP contribution in [0, 0.1) is 0 Å². The number of benzene rings is 7. The molecule has 0 saturated carbocycles. The Labute approximate surface area is 291 Å². The van der Waals surface area contributed by atoms with Crippen molar-refractivity contribution in [3.8, 4) is 33.5 Å². The van der Waals surface area contributed by atoms with Crippen LogP contribution < -0.4 is 5.32 Å². The minimum absolute atomic E-state index is 0.299. The van der Waals surface area contributed by atoms with Crippen LogP contribution in [0.5, 0.6) is 0 Å². The molecular weight excluding hydrogens is 609 g/mol. The lowest BCUT2D eigenvalue weighted by Gasteiger charge is -2.24. The average Bonchev–Trinajstić information content (AvgIpc) is 3.21. The van der Waals surface area contributed by atoms with Crippen LogP contribution in [0.1, 0.15) is 22.9 Å². The minimum atomic E-state index is -0.299. The summed E-state index contributed by atoms with van der Waals surface area (Å²) in [5, 5.41) is 7.13. The number of aliphatic imine (C=N–C) groups is 2. The summed E-state index contributed by atoms with van der Waals surface area (Å²) in [4.78, 5) is 15.6. The van der Waals surface area contributed by atoms with Gasteiger partial charge in [0.1, 0.15) is 12.0 Å². The van der Waals surface area contributed by atoms with Crippen molar-refractivity contribution < 1.29 is 0 Å². The highest BCUT2D eigenvalue weighted by Crippen LogP contribution is 2.36. The van der Waals surface area contributed by atoms with Crippen LogP contribution >= 0.6 is 0 Å². The molecule has 0 saturated heterocycles. The molecular formula is C46H32N4. The van der Waals surface area contributed by atoms with Gasteiger partial charge < -0.3 is 5.32 Å². The third-order valence-electron chi connectivity index (χ3n) is 9.28. The smallest absolute Gasteiger partial charge is 0.159 e. The maximum absolute atomic E-state index is 5.30. The maximum atomic E-state index is 5.30. The largest absolute Gasteiger partial charge is 0.344 e. The number of fused-ring (bicyclic) bond motifs is 3. The Bertz CT molecular complexity index is 2560. The topological polar surface area (TPSA) is 49.6 Å². The first-order chi connectivity index (χ1) is 24.8. The highest BCUT2D eigenvalue weighted by atomic mass is 15.2. The standard InChI is InChI=1S/C46H32N4/c1-4-15-31(16-5-1)34-21-14-22-35(27-34)36-28-37(43-41-25-11-10-23-39(41)40-24-12-13-26-42(40)47-43)30-38(29-36)46-49-44(32-17-6-2-7-18-32)48-45(50-46)33-19-8-3-9-20-33/h1-30,44H,(H,48,49,50). The number of hydrogen-bond donors (Lipinski definition) is 1. The molecule has 7 aromatic carbocycles. The van der Waals surface area contributed by atoms with E-state index in [1.165, 1.54) is 16.5 Å². The molecule has 50 heavy (non-hydrogen) atoms. The Morgan fingerprint density at radius 2 is 0.940 bits per heavy atom. The third-order valence-corrected chi connectivity index (χ3v) is 9.28. The molecule has 4 nitrogen and oxygen atoms in total. The number of para-hydroxylation sites is 1. The number of nitrogens with zero attached hydrogens (tertiary/aromatic N) is 3. The van der Waals surface area contributed by atoms with Crippen LogP contribution in [0.2, 0.25) is 0 Å². The molecule has 0 amide bonds. The minimum Gasteiger partial charge on any atom is -0.344 e. The molecule has 1 N–H and O–H groups in total. The van der Waals surface area contributed by atoms with Gasteiger partial charge in [-0.25, -0.2) is 15.0 Å². The van der Waals surface area contributed by atoms with Gasteiger partial charge in [0.25, 0.3) is 0 Å². The van der Waals surface area contributed by atoms with E-state index in [4.69, 9.17) is 15.0 Å². The molecule has 9 rings (SSSR count). The second kappa shape index (κ2) is 12.8. The summed E-state index contributed by atoms with van der Waals surface area (Å²) in [5.41, 5.74) is 10.5. The second-order valence-corrected chi connectivity index (χ2v) is 12.5. The maximum Gasteiger partial charge on any atom is 0.159 e. The molecule has 0 aliphatic carbocycles. The monoisotopic (exact) mass is 640 g/mol. The van der Waals surface area contributed by atoms with Crippen LogP contribution in [-0.2, 0) is 0 Å². The zero-order chi connectivity index (χ0) is 33.3. The van der Waals surface area contributed by atoms with Gasteiger partial charge in [-0.2, -0.15) is 0 Å². The molecule has 1 aliphatic rings. The van der Waals surface area contributed by atoms with Gasteiger partial charge in [-0.1, -0.05) is 152 Å². The summed E-state index contributed by atoms with van der Waals surface area (Å²) in [6, 6.07) is 63.5.